The van der Waals surface area contributed by atoms with Gasteiger partial charge in [0.2, 0.25) is 5.95 Å². The molecule has 0 fully saturated rings. The minimum absolute atomic E-state index is 0.250. The van der Waals surface area contributed by atoms with Gasteiger partial charge in [0.05, 0.1) is 16.8 Å². The van der Waals surface area contributed by atoms with Gasteiger partial charge in [-0.1, -0.05) is 18.2 Å². The number of aromatic amines is 1. The van der Waals surface area contributed by atoms with Gasteiger partial charge in [0, 0.05) is 37.3 Å². The summed E-state index contributed by atoms with van der Waals surface area (Å²) in [5.41, 5.74) is 2.00. The van der Waals surface area contributed by atoms with Gasteiger partial charge in [0.25, 0.3) is 5.56 Å². The third kappa shape index (κ3) is 4.11. The number of halogens is 4. The highest BCUT2D eigenvalue weighted by molar-refractivity contribution is 5.56. The molecule has 2 aromatic heterocycles. The SMILES string of the molecule is Cc1nc(F)ccc1CN1CCc2nc(-c3ccc(C(F)(F)F)cc3)[nH]c(=O)c2C1. The molecular formula is C21H18F4N4O. The predicted octanol–water partition coefficient (Wildman–Crippen LogP) is 3.86. The van der Waals surface area contributed by atoms with E-state index in [0.717, 1.165) is 17.7 Å². The first-order valence-corrected chi connectivity index (χ1v) is 9.35. The Balaban J connectivity index is 1.56. The van der Waals surface area contributed by atoms with E-state index in [1.807, 2.05) is 0 Å². The van der Waals surface area contributed by atoms with Crippen LogP contribution in [0.25, 0.3) is 11.4 Å². The highest BCUT2D eigenvalue weighted by atomic mass is 19.4. The smallest absolute Gasteiger partial charge is 0.306 e. The number of hydrogen-bond acceptors (Lipinski definition) is 4. The number of hydrogen-bond donors (Lipinski definition) is 1. The van der Waals surface area contributed by atoms with Gasteiger partial charge in [0.15, 0.2) is 0 Å². The van der Waals surface area contributed by atoms with Gasteiger partial charge >= 0.3 is 6.18 Å². The Labute approximate surface area is 169 Å². The molecule has 0 unspecified atom stereocenters. The summed E-state index contributed by atoms with van der Waals surface area (Å²) in [7, 11) is 0. The van der Waals surface area contributed by atoms with E-state index in [-0.39, 0.29) is 11.4 Å². The van der Waals surface area contributed by atoms with Crippen LogP contribution < -0.4 is 5.56 Å². The summed E-state index contributed by atoms with van der Waals surface area (Å²) in [6.45, 7) is 3.29. The van der Waals surface area contributed by atoms with Gasteiger partial charge < -0.3 is 4.98 Å². The first kappa shape index (κ1) is 20.2. The minimum atomic E-state index is -4.42. The Bertz CT molecular complexity index is 1140. The lowest BCUT2D eigenvalue weighted by Crippen LogP contribution is -2.35. The Morgan fingerprint density at radius 2 is 1.83 bits per heavy atom. The molecule has 1 aliphatic heterocycles. The van der Waals surface area contributed by atoms with Crippen LogP contribution in [0.1, 0.15) is 28.1 Å². The van der Waals surface area contributed by atoms with E-state index < -0.39 is 17.7 Å². The molecule has 1 aliphatic rings. The van der Waals surface area contributed by atoms with Gasteiger partial charge in [0.1, 0.15) is 5.82 Å². The molecule has 5 nitrogen and oxygen atoms in total. The maximum absolute atomic E-state index is 13.2. The molecule has 1 N–H and O–H groups in total. The highest BCUT2D eigenvalue weighted by Crippen LogP contribution is 2.30. The van der Waals surface area contributed by atoms with Crippen molar-refractivity contribution in [2.45, 2.75) is 32.6 Å². The molecule has 9 heteroatoms. The molecule has 0 atom stereocenters. The van der Waals surface area contributed by atoms with Crippen LogP contribution in [0.5, 0.6) is 0 Å². The fourth-order valence-electron chi connectivity index (χ4n) is 3.54. The molecule has 0 saturated heterocycles. The van der Waals surface area contributed by atoms with Gasteiger partial charge in [-0.25, -0.2) is 9.97 Å². The average molecular weight is 418 g/mol. The fraction of sp³-hybridized carbons (Fsp3) is 0.286. The van der Waals surface area contributed by atoms with Crippen molar-refractivity contribution in [3.05, 3.63) is 80.8 Å². The molecule has 3 aromatic rings. The summed E-state index contributed by atoms with van der Waals surface area (Å²) >= 11 is 0. The number of rotatable bonds is 3. The zero-order chi connectivity index (χ0) is 21.5. The Morgan fingerprint density at radius 3 is 2.50 bits per heavy atom. The number of nitrogens with zero attached hydrogens (tertiary/aromatic N) is 3. The van der Waals surface area contributed by atoms with Crippen molar-refractivity contribution in [1.82, 2.24) is 19.9 Å². The fourth-order valence-corrected chi connectivity index (χ4v) is 3.54. The second-order valence-corrected chi connectivity index (χ2v) is 7.25. The van der Waals surface area contributed by atoms with E-state index in [1.54, 1.807) is 13.0 Å². The number of aromatic nitrogens is 3. The normalized spacial score (nSPS) is 14.6. The first-order valence-electron chi connectivity index (χ1n) is 9.35. The van der Waals surface area contributed by atoms with E-state index in [0.29, 0.717) is 48.6 Å². The number of H-pyrrole nitrogens is 1. The van der Waals surface area contributed by atoms with E-state index in [1.165, 1.54) is 18.2 Å². The molecule has 1 aromatic carbocycles. The molecule has 0 bridgehead atoms. The number of alkyl halides is 3. The zero-order valence-corrected chi connectivity index (χ0v) is 16.1. The van der Waals surface area contributed by atoms with Crippen LogP contribution in [0.15, 0.2) is 41.2 Å². The summed E-state index contributed by atoms with van der Waals surface area (Å²) in [4.78, 5) is 25.7. The second kappa shape index (κ2) is 7.64. The number of benzene rings is 1. The Hall–Kier alpha value is -3.07. The van der Waals surface area contributed by atoms with Gasteiger partial charge in [-0.3, -0.25) is 9.69 Å². The van der Waals surface area contributed by atoms with Crippen molar-refractivity contribution in [2.75, 3.05) is 6.54 Å². The molecular weight excluding hydrogens is 400 g/mol. The van der Waals surface area contributed by atoms with Crippen LogP contribution in [0.4, 0.5) is 17.6 Å². The third-order valence-electron chi connectivity index (χ3n) is 5.19. The van der Waals surface area contributed by atoms with Crippen molar-refractivity contribution >= 4 is 0 Å². The summed E-state index contributed by atoms with van der Waals surface area (Å²) in [6, 6.07) is 7.53. The third-order valence-corrected chi connectivity index (χ3v) is 5.19. The highest BCUT2D eigenvalue weighted by Gasteiger charge is 2.30. The lowest BCUT2D eigenvalue weighted by Gasteiger charge is -2.28. The largest absolute Gasteiger partial charge is 0.416 e. The number of fused-ring (bicyclic) bond motifs is 1. The van der Waals surface area contributed by atoms with Crippen LogP contribution in [0, 0.1) is 12.9 Å². The van der Waals surface area contributed by atoms with Crippen molar-refractivity contribution < 1.29 is 17.6 Å². The molecule has 3 heterocycles. The first-order chi connectivity index (χ1) is 14.2. The quantitative estimate of drug-likeness (QED) is 0.518. The van der Waals surface area contributed by atoms with E-state index in [9.17, 15) is 22.4 Å². The lowest BCUT2D eigenvalue weighted by atomic mass is 10.0. The number of nitrogens with one attached hydrogen (secondary N) is 1. The Morgan fingerprint density at radius 1 is 1.10 bits per heavy atom. The molecule has 0 saturated carbocycles. The topological polar surface area (TPSA) is 61.9 Å². The standard InChI is InChI=1S/C21H18F4N4O/c1-12-14(4-7-18(22)26-12)10-29-9-8-17-16(11-29)20(30)28-19(27-17)13-2-5-15(6-3-13)21(23,24)25/h2-7H,8-11H2,1H3,(H,27,28,30). The van der Waals surface area contributed by atoms with Crippen LogP contribution in [-0.4, -0.2) is 26.4 Å². The molecule has 0 aliphatic carbocycles. The van der Waals surface area contributed by atoms with Crippen molar-refractivity contribution in [2.24, 2.45) is 0 Å². The monoisotopic (exact) mass is 418 g/mol. The van der Waals surface area contributed by atoms with E-state index in [4.69, 9.17) is 0 Å². The Kier molecular flexibility index (Phi) is 5.15. The molecule has 30 heavy (non-hydrogen) atoms. The van der Waals surface area contributed by atoms with Crippen LogP contribution in [-0.2, 0) is 25.7 Å². The number of aryl methyl sites for hydroxylation is 1. The maximum Gasteiger partial charge on any atom is 0.416 e. The minimum Gasteiger partial charge on any atom is -0.306 e. The average Bonchev–Trinajstić information content (AvgIpc) is 2.70. The molecule has 0 amide bonds. The summed E-state index contributed by atoms with van der Waals surface area (Å²) in [5.74, 6) is -0.281. The van der Waals surface area contributed by atoms with Crippen LogP contribution in [0.3, 0.4) is 0 Å². The van der Waals surface area contributed by atoms with Crippen LogP contribution >= 0.6 is 0 Å². The van der Waals surface area contributed by atoms with Gasteiger partial charge in [-0.05, 0) is 30.7 Å². The molecule has 156 valence electrons. The number of pyridine rings is 1. The van der Waals surface area contributed by atoms with Crippen molar-refractivity contribution in [1.29, 1.82) is 0 Å². The van der Waals surface area contributed by atoms with Crippen molar-refractivity contribution in [3.8, 4) is 11.4 Å². The van der Waals surface area contributed by atoms with Gasteiger partial charge in [-0.15, -0.1) is 0 Å². The molecule has 0 radical (unpaired) electrons. The zero-order valence-electron chi connectivity index (χ0n) is 16.1. The maximum atomic E-state index is 13.2. The molecule has 4 rings (SSSR count). The van der Waals surface area contributed by atoms with Crippen LogP contribution in [0.2, 0.25) is 0 Å². The molecule has 0 spiro atoms. The predicted molar refractivity (Wildman–Crippen MR) is 102 cm³/mol. The summed E-state index contributed by atoms with van der Waals surface area (Å²) < 4.78 is 51.4. The second-order valence-electron chi connectivity index (χ2n) is 7.25. The van der Waals surface area contributed by atoms with Gasteiger partial charge in [-0.2, -0.15) is 17.6 Å². The van der Waals surface area contributed by atoms with E-state index in [2.05, 4.69) is 19.9 Å². The van der Waals surface area contributed by atoms with Crippen molar-refractivity contribution in [3.63, 3.8) is 0 Å². The summed E-state index contributed by atoms with van der Waals surface area (Å²) in [6.07, 6.45) is -3.89. The summed E-state index contributed by atoms with van der Waals surface area (Å²) in [5, 5.41) is 0. The van der Waals surface area contributed by atoms with E-state index >= 15 is 0 Å². The lowest BCUT2D eigenvalue weighted by molar-refractivity contribution is -0.137.